The van der Waals surface area contributed by atoms with Crippen molar-refractivity contribution in [3.05, 3.63) is 39.4 Å². The van der Waals surface area contributed by atoms with Crippen molar-refractivity contribution in [1.82, 2.24) is 5.32 Å². The number of nitro groups is 1. The van der Waals surface area contributed by atoms with E-state index in [1.54, 1.807) is 0 Å². The lowest BCUT2D eigenvalue weighted by atomic mass is 10.1. The zero-order valence-corrected chi connectivity index (χ0v) is 11.8. The molecule has 1 atom stereocenters. The van der Waals surface area contributed by atoms with Gasteiger partial charge in [-0.05, 0) is 32.8 Å². The minimum absolute atomic E-state index is 0.0928. The molecule has 1 N–H and O–H groups in total. The van der Waals surface area contributed by atoms with Gasteiger partial charge in [-0.25, -0.2) is 4.79 Å². The first-order valence-corrected chi connectivity index (χ1v) is 6.65. The summed E-state index contributed by atoms with van der Waals surface area (Å²) in [6.45, 7) is 2.95. The highest BCUT2D eigenvalue weighted by atomic mass is 16.6. The van der Waals surface area contributed by atoms with Crippen LogP contribution in [0.2, 0.25) is 0 Å². The molecule has 7 nitrogen and oxygen atoms in total. The van der Waals surface area contributed by atoms with Crippen LogP contribution in [0, 0.1) is 17.0 Å². The fourth-order valence-corrected chi connectivity index (χ4v) is 1.87. The number of nitrogens with one attached hydrogen (secondary N) is 1. The lowest BCUT2D eigenvalue weighted by Crippen LogP contribution is -2.37. The van der Waals surface area contributed by atoms with Gasteiger partial charge < -0.3 is 10.1 Å². The van der Waals surface area contributed by atoms with Crippen molar-refractivity contribution in [3.8, 4) is 0 Å². The molecule has 2 rings (SSSR count). The van der Waals surface area contributed by atoms with Gasteiger partial charge in [-0.15, -0.1) is 0 Å². The van der Waals surface area contributed by atoms with E-state index in [-0.39, 0.29) is 28.8 Å². The summed E-state index contributed by atoms with van der Waals surface area (Å²) in [5.74, 6) is -1.09. The molecule has 0 bridgehead atoms. The van der Waals surface area contributed by atoms with Gasteiger partial charge in [-0.1, -0.05) is 6.07 Å². The van der Waals surface area contributed by atoms with Gasteiger partial charge in [0, 0.05) is 17.7 Å². The van der Waals surface area contributed by atoms with Crippen LogP contribution in [0.3, 0.4) is 0 Å². The van der Waals surface area contributed by atoms with Gasteiger partial charge in [-0.2, -0.15) is 0 Å². The van der Waals surface area contributed by atoms with Gasteiger partial charge in [-0.3, -0.25) is 14.9 Å². The van der Waals surface area contributed by atoms with Gasteiger partial charge in [0.2, 0.25) is 0 Å². The van der Waals surface area contributed by atoms with Crippen molar-refractivity contribution in [1.29, 1.82) is 0 Å². The lowest BCUT2D eigenvalue weighted by molar-refractivity contribution is -0.385. The van der Waals surface area contributed by atoms with Crippen LogP contribution in [0.25, 0.3) is 0 Å². The van der Waals surface area contributed by atoms with E-state index in [0.29, 0.717) is 0 Å². The molecule has 1 saturated carbocycles. The van der Waals surface area contributed by atoms with Crippen LogP contribution in [0.4, 0.5) is 5.69 Å². The normalized spacial score (nSPS) is 15.1. The molecule has 1 aromatic carbocycles. The van der Waals surface area contributed by atoms with Gasteiger partial charge in [0.25, 0.3) is 11.6 Å². The maximum Gasteiger partial charge on any atom is 0.339 e. The van der Waals surface area contributed by atoms with Crippen molar-refractivity contribution < 1.29 is 19.2 Å². The number of hydrogen-bond acceptors (Lipinski definition) is 5. The highest BCUT2D eigenvalue weighted by Crippen LogP contribution is 2.22. The molecule has 0 radical (unpaired) electrons. The molecule has 0 aliphatic heterocycles. The largest absolute Gasteiger partial charge is 0.449 e. The Bertz CT molecular complexity index is 595. The van der Waals surface area contributed by atoms with Gasteiger partial charge in [0.1, 0.15) is 0 Å². The first kappa shape index (κ1) is 15.0. The van der Waals surface area contributed by atoms with Crippen LogP contribution in [0.1, 0.15) is 35.7 Å². The minimum atomic E-state index is -0.934. The summed E-state index contributed by atoms with van der Waals surface area (Å²) in [6, 6.07) is 4.35. The van der Waals surface area contributed by atoms with Crippen LogP contribution >= 0.6 is 0 Å². The molecular formula is C14H16N2O5. The monoisotopic (exact) mass is 292 g/mol. The van der Waals surface area contributed by atoms with Gasteiger partial charge in [0.05, 0.1) is 10.5 Å². The Morgan fingerprint density at radius 1 is 1.43 bits per heavy atom. The molecule has 21 heavy (non-hydrogen) atoms. The number of rotatable bonds is 5. The van der Waals surface area contributed by atoms with Crippen molar-refractivity contribution in [2.45, 2.75) is 38.8 Å². The van der Waals surface area contributed by atoms with Crippen LogP contribution in [-0.2, 0) is 9.53 Å². The highest BCUT2D eigenvalue weighted by molar-refractivity contribution is 5.94. The maximum atomic E-state index is 12.0. The fraction of sp³-hybridized carbons (Fsp3) is 0.429. The first-order chi connectivity index (χ1) is 9.90. The third-order valence-electron chi connectivity index (χ3n) is 3.30. The Kier molecular flexibility index (Phi) is 4.21. The molecule has 0 saturated heterocycles. The summed E-state index contributed by atoms with van der Waals surface area (Å²) in [5.41, 5.74) is 0.164. The van der Waals surface area contributed by atoms with Crippen LogP contribution in [0.15, 0.2) is 18.2 Å². The Morgan fingerprint density at radius 2 is 2.10 bits per heavy atom. The number of carbonyl (C=O) groups is 2. The fourth-order valence-electron chi connectivity index (χ4n) is 1.87. The summed E-state index contributed by atoms with van der Waals surface area (Å²) < 4.78 is 5.07. The lowest BCUT2D eigenvalue weighted by Gasteiger charge is -2.14. The average Bonchev–Trinajstić information content (AvgIpc) is 3.22. The second kappa shape index (κ2) is 5.90. The smallest absolute Gasteiger partial charge is 0.339 e. The summed E-state index contributed by atoms with van der Waals surface area (Å²) >= 11 is 0. The summed E-state index contributed by atoms with van der Waals surface area (Å²) in [6.07, 6.45) is 0.948. The molecule has 0 spiro atoms. The molecule has 0 heterocycles. The van der Waals surface area contributed by atoms with E-state index in [2.05, 4.69) is 5.32 Å². The standard InChI is InChI=1S/C14H16N2O5/c1-8-11(4-3-5-12(8)16(19)20)14(18)21-9(2)13(17)15-10-6-7-10/h3-5,9-10H,6-7H2,1-2H3,(H,15,17)/t9-/m0/s1. The summed E-state index contributed by atoms with van der Waals surface area (Å²) in [5, 5.41) is 13.6. The van der Waals surface area contributed by atoms with E-state index >= 15 is 0 Å². The minimum Gasteiger partial charge on any atom is -0.449 e. The second-order valence-corrected chi connectivity index (χ2v) is 5.04. The van der Waals surface area contributed by atoms with E-state index < -0.39 is 17.0 Å². The number of hydrogen-bond donors (Lipinski definition) is 1. The quantitative estimate of drug-likeness (QED) is 0.506. The predicted octanol–water partition coefficient (Wildman–Crippen LogP) is 1.73. The number of amides is 1. The Morgan fingerprint density at radius 3 is 2.67 bits per heavy atom. The molecule has 1 amide bonds. The van der Waals surface area contributed by atoms with Crippen molar-refractivity contribution >= 4 is 17.6 Å². The molecule has 0 unspecified atom stereocenters. The SMILES string of the molecule is Cc1c(C(=O)O[C@@H](C)C(=O)NC2CC2)cccc1[N+](=O)[O-]. The number of benzene rings is 1. The Balaban J connectivity index is 2.07. The molecule has 1 aromatic rings. The van der Waals surface area contributed by atoms with Crippen LogP contribution in [-0.4, -0.2) is 28.9 Å². The second-order valence-electron chi connectivity index (χ2n) is 5.04. The maximum absolute atomic E-state index is 12.0. The topological polar surface area (TPSA) is 98.5 Å². The van der Waals surface area contributed by atoms with Crippen LogP contribution < -0.4 is 5.32 Å². The number of carbonyl (C=O) groups excluding carboxylic acids is 2. The molecular weight excluding hydrogens is 276 g/mol. The predicted molar refractivity (Wildman–Crippen MR) is 73.9 cm³/mol. The van der Waals surface area contributed by atoms with E-state index in [1.807, 2.05) is 0 Å². The third kappa shape index (κ3) is 3.56. The van der Waals surface area contributed by atoms with Gasteiger partial charge in [0.15, 0.2) is 6.10 Å². The van der Waals surface area contributed by atoms with Crippen molar-refractivity contribution in [3.63, 3.8) is 0 Å². The number of ether oxygens (including phenoxy) is 1. The zero-order chi connectivity index (χ0) is 15.6. The third-order valence-corrected chi connectivity index (χ3v) is 3.30. The van der Waals surface area contributed by atoms with E-state index in [0.717, 1.165) is 12.8 Å². The number of nitrogens with zero attached hydrogens (tertiary/aromatic N) is 1. The van der Waals surface area contributed by atoms with Crippen LogP contribution in [0.5, 0.6) is 0 Å². The molecule has 1 fully saturated rings. The molecule has 112 valence electrons. The Hall–Kier alpha value is -2.44. The average molecular weight is 292 g/mol. The van der Waals surface area contributed by atoms with Gasteiger partial charge >= 0.3 is 5.97 Å². The van der Waals surface area contributed by atoms with Crippen molar-refractivity contribution in [2.75, 3.05) is 0 Å². The van der Waals surface area contributed by atoms with E-state index in [1.165, 1.54) is 32.0 Å². The molecule has 0 aromatic heterocycles. The molecule has 1 aliphatic carbocycles. The first-order valence-electron chi connectivity index (χ1n) is 6.65. The zero-order valence-electron chi connectivity index (χ0n) is 11.8. The highest BCUT2D eigenvalue weighted by Gasteiger charge is 2.28. The van der Waals surface area contributed by atoms with Crippen molar-refractivity contribution in [2.24, 2.45) is 0 Å². The van der Waals surface area contributed by atoms with E-state index in [9.17, 15) is 19.7 Å². The van der Waals surface area contributed by atoms with E-state index in [4.69, 9.17) is 4.74 Å². The summed E-state index contributed by atoms with van der Waals surface area (Å²) in [4.78, 5) is 34.0. The number of nitro benzene ring substituents is 1. The Labute approximate surface area is 121 Å². The molecule has 7 heteroatoms. The molecule has 1 aliphatic rings. The summed E-state index contributed by atoms with van der Waals surface area (Å²) in [7, 11) is 0. The number of esters is 1.